The first-order valence-electron chi connectivity index (χ1n) is 11.8. The molecule has 1 saturated heterocycles. The summed E-state index contributed by atoms with van der Waals surface area (Å²) >= 11 is 0. The van der Waals surface area contributed by atoms with E-state index in [1.54, 1.807) is 12.1 Å². The van der Waals surface area contributed by atoms with Crippen molar-refractivity contribution in [3.05, 3.63) is 96.1 Å². The zero-order chi connectivity index (χ0) is 23.8. The topological polar surface area (TPSA) is 61.9 Å². The lowest BCUT2D eigenvalue weighted by molar-refractivity contribution is -0.133. The molecule has 0 aliphatic carbocycles. The van der Waals surface area contributed by atoms with Crippen LogP contribution in [0.5, 0.6) is 5.75 Å². The smallest absolute Gasteiger partial charge is 0.251 e. The molecule has 0 radical (unpaired) electrons. The van der Waals surface area contributed by atoms with E-state index in [9.17, 15) is 9.59 Å². The van der Waals surface area contributed by atoms with Crippen LogP contribution in [-0.4, -0.2) is 55.5 Å². The molecule has 6 heteroatoms. The number of hydrogen-bond acceptors (Lipinski definition) is 4. The van der Waals surface area contributed by atoms with Gasteiger partial charge >= 0.3 is 0 Å². The maximum atomic E-state index is 13.6. The van der Waals surface area contributed by atoms with Crippen molar-refractivity contribution in [2.45, 2.75) is 19.4 Å². The first-order valence-corrected chi connectivity index (χ1v) is 11.8. The van der Waals surface area contributed by atoms with E-state index in [2.05, 4.69) is 16.3 Å². The molecule has 1 aliphatic rings. The fourth-order valence-corrected chi connectivity index (χ4v) is 4.27. The van der Waals surface area contributed by atoms with Crippen molar-refractivity contribution in [2.75, 3.05) is 37.7 Å². The molecule has 1 aliphatic heterocycles. The number of carbonyl (C=O) groups is 2. The molecule has 1 fully saturated rings. The molecule has 4 rings (SSSR count). The Balaban J connectivity index is 1.45. The van der Waals surface area contributed by atoms with E-state index in [4.69, 9.17) is 4.74 Å². The van der Waals surface area contributed by atoms with Crippen LogP contribution in [0.4, 0.5) is 5.69 Å². The van der Waals surface area contributed by atoms with E-state index in [1.807, 2.05) is 78.6 Å². The number of benzene rings is 3. The fourth-order valence-electron chi connectivity index (χ4n) is 4.27. The van der Waals surface area contributed by atoms with E-state index in [0.29, 0.717) is 44.8 Å². The minimum Gasteiger partial charge on any atom is -0.492 e. The highest BCUT2D eigenvalue weighted by Gasteiger charge is 2.29. The van der Waals surface area contributed by atoms with Crippen LogP contribution >= 0.6 is 0 Å². The van der Waals surface area contributed by atoms with Gasteiger partial charge in [0.1, 0.15) is 11.8 Å². The lowest BCUT2D eigenvalue weighted by Gasteiger charge is -2.38. The third kappa shape index (κ3) is 5.76. The summed E-state index contributed by atoms with van der Waals surface area (Å²) in [4.78, 5) is 30.5. The third-order valence-corrected chi connectivity index (χ3v) is 6.02. The number of nitrogens with one attached hydrogen (secondary N) is 1. The summed E-state index contributed by atoms with van der Waals surface area (Å²) in [6, 6.07) is 26.2. The summed E-state index contributed by atoms with van der Waals surface area (Å²) in [5, 5.41) is 2.98. The highest BCUT2D eigenvalue weighted by Crippen LogP contribution is 2.29. The molecule has 1 atom stereocenters. The van der Waals surface area contributed by atoms with Crippen molar-refractivity contribution >= 4 is 17.5 Å². The quantitative estimate of drug-likeness (QED) is 0.559. The number of nitrogens with zero attached hydrogens (tertiary/aromatic N) is 2. The van der Waals surface area contributed by atoms with Gasteiger partial charge < -0.3 is 19.9 Å². The van der Waals surface area contributed by atoms with Crippen LogP contribution < -0.4 is 15.0 Å². The van der Waals surface area contributed by atoms with Gasteiger partial charge in [-0.15, -0.1) is 0 Å². The fraction of sp³-hybridized carbons (Fsp3) is 0.286. The van der Waals surface area contributed by atoms with Crippen LogP contribution in [0.3, 0.4) is 0 Å². The summed E-state index contributed by atoms with van der Waals surface area (Å²) in [5.41, 5.74) is 2.61. The Morgan fingerprint density at radius 1 is 0.853 bits per heavy atom. The van der Waals surface area contributed by atoms with Gasteiger partial charge in [0.05, 0.1) is 12.3 Å². The predicted molar refractivity (Wildman–Crippen MR) is 134 cm³/mol. The second kappa shape index (κ2) is 11.4. The van der Waals surface area contributed by atoms with Crippen molar-refractivity contribution < 1.29 is 14.3 Å². The Hall–Kier alpha value is -3.80. The van der Waals surface area contributed by atoms with Crippen LogP contribution in [0.1, 0.15) is 22.8 Å². The van der Waals surface area contributed by atoms with Gasteiger partial charge in [-0.05, 0) is 36.8 Å². The van der Waals surface area contributed by atoms with Crippen LogP contribution in [0, 0.1) is 0 Å². The van der Waals surface area contributed by atoms with Crippen molar-refractivity contribution in [2.24, 2.45) is 0 Å². The third-order valence-electron chi connectivity index (χ3n) is 6.02. The number of ether oxygens (including phenoxy) is 1. The molecule has 1 N–H and O–H groups in total. The molecule has 0 saturated carbocycles. The largest absolute Gasteiger partial charge is 0.492 e. The highest BCUT2D eigenvalue weighted by molar-refractivity contribution is 5.97. The Morgan fingerprint density at radius 3 is 2.15 bits per heavy atom. The summed E-state index contributed by atoms with van der Waals surface area (Å²) in [7, 11) is 0. The molecule has 6 nitrogen and oxygen atoms in total. The molecule has 0 bridgehead atoms. The van der Waals surface area contributed by atoms with Crippen LogP contribution in [-0.2, 0) is 11.2 Å². The second-order valence-corrected chi connectivity index (χ2v) is 8.29. The van der Waals surface area contributed by atoms with Crippen LogP contribution in [0.25, 0.3) is 0 Å². The Bertz CT molecular complexity index is 1080. The van der Waals surface area contributed by atoms with Gasteiger partial charge in [-0.1, -0.05) is 60.7 Å². The van der Waals surface area contributed by atoms with Gasteiger partial charge in [-0.3, -0.25) is 9.59 Å². The lowest BCUT2D eigenvalue weighted by Crippen LogP contribution is -2.55. The molecule has 3 aromatic rings. The Kier molecular flexibility index (Phi) is 7.81. The zero-order valence-electron chi connectivity index (χ0n) is 19.5. The average molecular weight is 458 g/mol. The van der Waals surface area contributed by atoms with E-state index in [-0.39, 0.29) is 11.8 Å². The number of para-hydroxylation sites is 2. The number of rotatable bonds is 8. The number of anilines is 1. The first kappa shape index (κ1) is 23.4. The molecule has 0 aromatic heterocycles. The number of piperazine rings is 1. The summed E-state index contributed by atoms with van der Waals surface area (Å²) in [6.45, 7) is 5.18. The monoisotopic (exact) mass is 457 g/mol. The molecule has 2 amide bonds. The van der Waals surface area contributed by atoms with Crippen molar-refractivity contribution in [1.82, 2.24) is 10.2 Å². The van der Waals surface area contributed by atoms with E-state index in [1.165, 1.54) is 0 Å². The minimum atomic E-state index is -0.627. The van der Waals surface area contributed by atoms with E-state index >= 15 is 0 Å². The molecule has 1 heterocycles. The average Bonchev–Trinajstić information content (AvgIpc) is 2.89. The standard InChI is InChI=1S/C28H31N3O3/c1-2-34-26-16-10-9-15-25(26)30-17-19-31(20-18-30)28(33)24(21-22-11-5-3-6-12-22)29-27(32)23-13-7-4-8-14-23/h3-16,24H,2,17-21H2,1H3,(H,29,32). The number of amides is 2. The van der Waals surface area contributed by atoms with Gasteiger partial charge in [-0.25, -0.2) is 0 Å². The van der Waals surface area contributed by atoms with Gasteiger partial charge in [0.25, 0.3) is 5.91 Å². The van der Waals surface area contributed by atoms with Gasteiger partial charge in [-0.2, -0.15) is 0 Å². The van der Waals surface area contributed by atoms with Crippen molar-refractivity contribution in [3.63, 3.8) is 0 Å². The Labute approximate surface area is 201 Å². The SMILES string of the molecule is CCOc1ccccc1N1CCN(C(=O)C(Cc2ccccc2)NC(=O)c2ccccc2)CC1. The molecule has 34 heavy (non-hydrogen) atoms. The number of hydrogen-bond donors (Lipinski definition) is 1. The maximum Gasteiger partial charge on any atom is 0.251 e. The molecule has 3 aromatic carbocycles. The zero-order valence-corrected chi connectivity index (χ0v) is 19.5. The van der Waals surface area contributed by atoms with Crippen molar-refractivity contribution in [1.29, 1.82) is 0 Å². The number of carbonyl (C=O) groups excluding carboxylic acids is 2. The molecular weight excluding hydrogens is 426 g/mol. The van der Waals surface area contributed by atoms with Gasteiger partial charge in [0.15, 0.2) is 0 Å². The second-order valence-electron chi connectivity index (χ2n) is 8.29. The first-order chi connectivity index (χ1) is 16.7. The van der Waals surface area contributed by atoms with E-state index < -0.39 is 6.04 Å². The molecular formula is C28H31N3O3. The summed E-state index contributed by atoms with van der Waals surface area (Å²) in [6.07, 6.45) is 0.450. The summed E-state index contributed by atoms with van der Waals surface area (Å²) < 4.78 is 5.79. The Morgan fingerprint density at radius 2 is 1.47 bits per heavy atom. The lowest BCUT2D eigenvalue weighted by atomic mass is 10.0. The molecule has 1 unspecified atom stereocenters. The van der Waals surface area contributed by atoms with Gasteiger partial charge in [0.2, 0.25) is 5.91 Å². The van der Waals surface area contributed by atoms with Gasteiger partial charge in [0, 0.05) is 38.2 Å². The minimum absolute atomic E-state index is 0.0501. The van der Waals surface area contributed by atoms with E-state index in [0.717, 1.165) is 17.0 Å². The summed E-state index contributed by atoms with van der Waals surface area (Å²) in [5.74, 6) is 0.576. The van der Waals surface area contributed by atoms with Crippen molar-refractivity contribution in [3.8, 4) is 5.75 Å². The normalized spacial score (nSPS) is 14.4. The molecule has 0 spiro atoms. The van der Waals surface area contributed by atoms with Crippen LogP contribution in [0.15, 0.2) is 84.9 Å². The maximum absolute atomic E-state index is 13.6. The van der Waals surface area contributed by atoms with Crippen LogP contribution in [0.2, 0.25) is 0 Å². The predicted octanol–water partition coefficient (Wildman–Crippen LogP) is 3.78. The molecule has 176 valence electrons. The highest BCUT2D eigenvalue weighted by atomic mass is 16.5.